The number of amides is 1. The lowest BCUT2D eigenvalue weighted by Gasteiger charge is -2.44. The number of anilines is 1. The van der Waals surface area contributed by atoms with Crippen molar-refractivity contribution in [3.63, 3.8) is 0 Å². The van der Waals surface area contributed by atoms with Crippen LogP contribution < -0.4 is 14.8 Å². The van der Waals surface area contributed by atoms with Crippen LogP contribution in [0.2, 0.25) is 10.0 Å². The van der Waals surface area contributed by atoms with Gasteiger partial charge in [-0.2, -0.15) is 8.78 Å². The van der Waals surface area contributed by atoms with Crippen LogP contribution in [0.15, 0.2) is 79.1 Å². The molecule has 1 aromatic heterocycles. The lowest BCUT2D eigenvalue weighted by molar-refractivity contribution is -0.159. The number of nitrogens with one attached hydrogen (secondary N) is 1. The molecule has 4 aromatic rings. The Hall–Kier alpha value is -4.98. The number of pyridine rings is 1. The molecule has 4 aliphatic rings. The number of esters is 2. The van der Waals surface area contributed by atoms with Gasteiger partial charge >= 0.3 is 18.6 Å². The maximum Gasteiger partial charge on any atom is 0.387 e. The maximum atomic E-state index is 14.3. The molecule has 2 bridgehead atoms. The van der Waals surface area contributed by atoms with Crippen LogP contribution in [0.4, 0.5) is 14.5 Å². The van der Waals surface area contributed by atoms with Gasteiger partial charge in [-0.1, -0.05) is 59.6 Å². The summed E-state index contributed by atoms with van der Waals surface area (Å²) in [6.07, 6.45) is 5.29. The Labute approximate surface area is 345 Å². The Balaban J connectivity index is 1.22. The third-order valence-electron chi connectivity index (χ3n) is 10.7. The molecular weight excluding hydrogens is 793 g/mol. The van der Waals surface area contributed by atoms with Crippen molar-refractivity contribution in [3.8, 4) is 11.5 Å². The molecule has 0 radical (unpaired) electrons. The number of ether oxygens (including phenoxy) is 4. The zero-order chi connectivity index (χ0) is 40.9. The summed E-state index contributed by atoms with van der Waals surface area (Å²) in [5, 5.41) is 3.70. The Bertz CT molecular complexity index is 2100. The van der Waals surface area contributed by atoms with Crippen molar-refractivity contribution in [1.82, 2.24) is 14.8 Å². The first-order valence-corrected chi connectivity index (χ1v) is 20.0. The third-order valence-corrected chi connectivity index (χ3v) is 11.3. The Morgan fingerprint density at radius 3 is 2.24 bits per heavy atom. The van der Waals surface area contributed by atoms with Gasteiger partial charge in [-0.3, -0.25) is 14.7 Å². The van der Waals surface area contributed by atoms with Gasteiger partial charge in [0.1, 0.15) is 12.2 Å². The monoisotopic (exact) mass is 836 g/mol. The summed E-state index contributed by atoms with van der Waals surface area (Å²) < 4.78 is 49.8. The van der Waals surface area contributed by atoms with E-state index in [-0.39, 0.29) is 51.1 Å². The molecule has 306 valence electrons. The molecule has 1 saturated carbocycles. The average molecular weight is 838 g/mol. The molecule has 58 heavy (non-hydrogen) atoms. The molecule has 4 heterocycles. The molecule has 15 heteroatoms. The Morgan fingerprint density at radius 2 is 1.60 bits per heavy atom. The van der Waals surface area contributed by atoms with Gasteiger partial charge in [0.05, 0.1) is 22.2 Å². The van der Waals surface area contributed by atoms with Crippen molar-refractivity contribution in [2.24, 2.45) is 11.8 Å². The summed E-state index contributed by atoms with van der Waals surface area (Å²) in [5.74, 6) is -1.25. The van der Waals surface area contributed by atoms with Crippen molar-refractivity contribution >= 4 is 46.7 Å². The van der Waals surface area contributed by atoms with Crippen molar-refractivity contribution in [1.29, 1.82) is 0 Å². The van der Waals surface area contributed by atoms with Crippen molar-refractivity contribution in [3.05, 3.63) is 117 Å². The van der Waals surface area contributed by atoms with Crippen LogP contribution in [0.1, 0.15) is 75.2 Å². The fourth-order valence-corrected chi connectivity index (χ4v) is 7.85. The van der Waals surface area contributed by atoms with E-state index < -0.39 is 36.6 Å². The minimum Gasteiger partial charge on any atom is -0.489 e. The van der Waals surface area contributed by atoms with Gasteiger partial charge in [-0.15, -0.1) is 0 Å². The van der Waals surface area contributed by atoms with Gasteiger partial charge in [0.25, 0.3) is 5.91 Å². The van der Waals surface area contributed by atoms with Crippen LogP contribution in [0, 0.1) is 11.8 Å². The minimum absolute atomic E-state index is 0.00690. The smallest absolute Gasteiger partial charge is 0.387 e. The van der Waals surface area contributed by atoms with E-state index in [0.717, 1.165) is 38.8 Å². The van der Waals surface area contributed by atoms with Gasteiger partial charge in [0.15, 0.2) is 17.5 Å². The van der Waals surface area contributed by atoms with E-state index in [0.29, 0.717) is 41.4 Å². The third kappa shape index (κ3) is 10.2. The van der Waals surface area contributed by atoms with E-state index in [1.54, 1.807) is 32.3 Å². The number of hydrogen-bond donors (Lipinski definition) is 1. The van der Waals surface area contributed by atoms with Crippen LogP contribution in [-0.4, -0.2) is 85.7 Å². The molecular formula is C43H44Cl2F2N4O7. The highest BCUT2D eigenvalue weighted by Gasteiger charge is 2.38. The number of alkyl halides is 2. The van der Waals surface area contributed by atoms with Crippen molar-refractivity contribution in [2.75, 3.05) is 45.7 Å². The molecule has 8 rings (SSSR count). The first-order valence-electron chi connectivity index (χ1n) is 19.2. The van der Waals surface area contributed by atoms with Crippen LogP contribution in [-0.2, 0) is 20.7 Å². The highest BCUT2D eigenvalue weighted by atomic mass is 35.5. The zero-order valence-electron chi connectivity index (χ0n) is 32.0. The molecule has 3 aromatic carbocycles. The van der Waals surface area contributed by atoms with Gasteiger partial charge in [0.2, 0.25) is 0 Å². The highest BCUT2D eigenvalue weighted by Crippen LogP contribution is 2.39. The fraction of sp³-hybridized carbons (Fsp3) is 0.395. The number of rotatable bonds is 16. The topological polar surface area (TPSA) is 120 Å². The molecule has 3 aliphatic heterocycles. The number of nitrogens with zero attached hydrogens (tertiary/aromatic N) is 3. The zero-order valence-corrected chi connectivity index (χ0v) is 33.6. The molecule has 4 fully saturated rings. The summed E-state index contributed by atoms with van der Waals surface area (Å²) in [6.45, 7) is -0.145. The van der Waals surface area contributed by atoms with Gasteiger partial charge in [-0.25, -0.2) is 9.59 Å². The number of aromatic nitrogens is 1. The number of piperidine rings is 3. The molecule has 3 atom stereocenters. The summed E-state index contributed by atoms with van der Waals surface area (Å²) in [6, 6.07) is 16.9. The standard InChI is InChI=1S/C43H44Cl2F2N4O7/c1-50(2)40(52)29-16-30(18-31(17-29)49-39(27-6-4-3-5-7-27)42(54)57-38-23-51-14-12-26(38)13-15-51)41(53)56-36(20-32-33(44)21-48-22-34(32)45)28-10-11-35(58-43(46)47)37(19-28)55-24-25-8-9-25/h3-7,10-11,16-19,21-22,25-26,36,38-39,43,49H,8-9,12-15,20,23-24H2,1-2H3/t36-,38-,39?/m0/s1. The van der Waals surface area contributed by atoms with E-state index in [2.05, 4.69) is 15.2 Å². The Kier molecular flexibility index (Phi) is 13.0. The first kappa shape index (κ1) is 41.2. The predicted molar refractivity (Wildman–Crippen MR) is 214 cm³/mol. The van der Waals surface area contributed by atoms with Crippen LogP contribution >= 0.6 is 23.2 Å². The van der Waals surface area contributed by atoms with E-state index in [9.17, 15) is 23.2 Å². The predicted octanol–water partition coefficient (Wildman–Crippen LogP) is 8.41. The number of carbonyl (C=O) groups excluding carboxylic acids is 3. The molecule has 1 N–H and O–H groups in total. The highest BCUT2D eigenvalue weighted by molar-refractivity contribution is 6.35. The average Bonchev–Trinajstić information content (AvgIpc) is 4.05. The number of hydrogen-bond acceptors (Lipinski definition) is 10. The number of carbonyl (C=O) groups is 3. The second-order valence-corrected chi connectivity index (χ2v) is 15.9. The van der Waals surface area contributed by atoms with Gasteiger partial charge in [-0.05, 0) is 97.6 Å². The van der Waals surface area contributed by atoms with Crippen molar-refractivity contribution < 1.29 is 42.1 Å². The van der Waals surface area contributed by atoms with E-state index in [1.165, 1.54) is 47.6 Å². The Morgan fingerprint density at radius 1 is 0.897 bits per heavy atom. The molecule has 3 saturated heterocycles. The van der Waals surface area contributed by atoms with E-state index in [1.807, 2.05) is 18.2 Å². The number of fused-ring (bicyclic) bond motifs is 3. The second-order valence-electron chi connectivity index (χ2n) is 15.1. The quantitative estimate of drug-likeness (QED) is 0.110. The normalized spacial score (nSPS) is 19.5. The molecule has 11 nitrogen and oxygen atoms in total. The minimum atomic E-state index is -3.10. The van der Waals surface area contributed by atoms with E-state index >= 15 is 0 Å². The van der Waals surface area contributed by atoms with Crippen LogP contribution in [0.3, 0.4) is 0 Å². The van der Waals surface area contributed by atoms with E-state index in [4.69, 9.17) is 42.1 Å². The number of benzene rings is 3. The molecule has 1 aliphatic carbocycles. The largest absolute Gasteiger partial charge is 0.489 e. The summed E-state index contributed by atoms with van der Waals surface area (Å²) in [5.41, 5.74) is 1.87. The summed E-state index contributed by atoms with van der Waals surface area (Å²) in [4.78, 5) is 49.5. The SMILES string of the molecule is CN(C)C(=O)c1cc(NC(C(=O)O[C@H]2CN3CCC2CC3)c2ccccc2)cc(C(=O)O[C@@H](Cc2c(Cl)cncc2Cl)c2ccc(OC(F)F)c(OCC3CC3)c2)c1. The second kappa shape index (κ2) is 18.3. The fourth-order valence-electron chi connectivity index (χ4n) is 7.33. The lowest BCUT2D eigenvalue weighted by Crippen LogP contribution is -2.52. The molecule has 1 unspecified atom stereocenters. The van der Waals surface area contributed by atoms with Gasteiger partial charge in [0, 0.05) is 50.7 Å². The number of halogens is 4. The van der Waals surface area contributed by atoms with Crippen molar-refractivity contribution in [2.45, 2.75) is 57.0 Å². The maximum absolute atomic E-state index is 14.3. The lowest BCUT2D eigenvalue weighted by atomic mass is 9.86. The van der Waals surface area contributed by atoms with Crippen LogP contribution in [0.5, 0.6) is 11.5 Å². The summed E-state index contributed by atoms with van der Waals surface area (Å²) >= 11 is 13.0. The molecule has 0 spiro atoms. The summed E-state index contributed by atoms with van der Waals surface area (Å²) in [7, 11) is 3.17. The first-order chi connectivity index (χ1) is 27.9. The van der Waals surface area contributed by atoms with Gasteiger partial charge < -0.3 is 29.2 Å². The van der Waals surface area contributed by atoms with Crippen LogP contribution in [0.25, 0.3) is 0 Å². The molecule has 1 amide bonds.